The maximum atomic E-state index is 12.2. The number of aryl methyl sites for hydroxylation is 2. The molecular formula is C15H14Cl2N6O. The predicted octanol–water partition coefficient (Wildman–Crippen LogP) is 2.93. The second kappa shape index (κ2) is 6.62. The lowest BCUT2D eigenvalue weighted by molar-refractivity contribution is 0.101. The van der Waals surface area contributed by atoms with E-state index >= 15 is 0 Å². The van der Waals surface area contributed by atoms with Crippen LogP contribution in [0.4, 0.5) is 5.95 Å². The van der Waals surface area contributed by atoms with Crippen LogP contribution >= 0.6 is 23.2 Å². The molecule has 3 aromatic rings. The lowest BCUT2D eigenvalue weighted by Crippen LogP contribution is -2.17. The molecule has 3 rings (SSSR count). The summed E-state index contributed by atoms with van der Waals surface area (Å²) in [6, 6.07) is 6.98. The number of halogens is 2. The van der Waals surface area contributed by atoms with Gasteiger partial charge in [0.1, 0.15) is 12.0 Å². The monoisotopic (exact) mass is 364 g/mol. The topological polar surface area (TPSA) is 77.6 Å². The maximum absolute atomic E-state index is 12.2. The van der Waals surface area contributed by atoms with Crippen molar-refractivity contribution in [1.29, 1.82) is 0 Å². The first-order valence-corrected chi connectivity index (χ1v) is 7.84. The molecule has 0 bridgehead atoms. The molecule has 0 spiro atoms. The number of benzene rings is 1. The number of hydrogen-bond donors (Lipinski definition) is 1. The number of carbonyl (C=O) groups excluding carboxylic acids is 1. The summed E-state index contributed by atoms with van der Waals surface area (Å²) in [5, 5.41) is 12.1. The molecule has 0 saturated carbocycles. The van der Waals surface area contributed by atoms with E-state index in [0.29, 0.717) is 22.3 Å². The zero-order chi connectivity index (χ0) is 17.3. The number of carbonyl (C=O) groups is 1. The van der Waals surface area contributed by atoms with E-state index in [1.54, 1.807) is 36.0 Å². The van der Waals surface area contributed by atoms with Gasteiger partial charge in [0.25, 0.3) is 5.91 Å². The van der Waals surface area contributed by atoms with Crippen LogP contribution in [-0.4, -0.2) is 30.5 Å². The number of nitrogens with one attached hydrogen (secondary N) is 1. The summed E-state index contributed by atoms with van der Waals surface area (Å²) in [6.07, 6.45) is 1.50. The highest BCUT2D eigenvalue weighted by Crippen LogP contribution is 2.24. The minimum atomic E-state index is -0.327. The first-order valence-electron chi connectivity index (χ1n) is 7.08. The average molecular weight is 365 g/mol. The van der Waals surface area contributed by atoms with Crippen LogP contribution in [0.15, 0.2) is 30.6 Å². The second-order valence-corrected chi connectivity index (χ2v) is 6.03. The molecule has 0 radical (unpaired) electrons. The highest BCUT2D eigenvalue weighted by molar-refractivity contribution is 6.35. The molecule has 2 aromatic heterocycles. The lowest BCUT2D eigenvalue weighted by atomic mass is 10.2. The van der Waals surface area contributed by atoms with Gasteiger partial charge in [-0.3, -0.25) is 14.8 Å². The number of hydrogen-bond acceptors (Lipinski definition) is 4. The van der Waals surface area contributed by atoms with Gasteiger partial charge < -0.3 is 0 Å². The zero-order valence-corrected chi connectivity index (χ0v) is 14.5. The zero-order valence-electron chi connectivity index (χ0n) is 13.0. The van der Waals surface area contributed by atoms with Crippen molar-refractivity contribution >= 4 is 35.1 Å². The fourth-order valence-electron chi connectivity index (χ4n) is 2.26. The summed E-state index contributed by atoms with van der Waals surface area (Å²) in [7, 11) is 1.70. The average Bonchev–Trinajstić information content (AvgIpc) is 3.09. The van der Waals surface area contributed by atoms with Crippen LogP contribution in [0.3, 0.4) is 0 Å². The molecule has 124 valence electrons. The van der Waals surface area contributed by atoms with Crippen molar-refractivity contribution in [3.8, 4) is 0 Å². The van der Waals surface area contributed by atoms with Crippen LogP contribution in [0.1, 0.15) is 21.7 Å². The third-order valence-electron chi connectivity index (χ3n) is 3.38. The maximum Gasteiger partial charge on any atom is 0.276 e. The predicted molar refractivity (Wildman–Crippen MR) is 91.5 cm³/mol. The summed E-state index contributed by atoms with van der Waals surface area (Å²) in [6.45, 7) is 2.17. The Bertz CT molecular complexity index is 881. The minimum absolute atomic E-state index is 0.196. The third-order valence-corrected chi connectivity index (χ3v) is 4.09. The molecule has 24 heavy (non-hydrogen) atoms. The smallest absolute Gasteiger partial charge is 0.276 e. The van der Waals surface area contributed by atoms with Gasteiger partial charge in [-0.15, -0.1) is 5.10 Å². The summed E-state index contributed by atoms with van der Waals surface area (Å²) in [5.74, 6) is -0.131. The Balaban J connectivity index is 1.74. The van der Waals surface area contributed by atoms with Gasteiger partial charge in [0, 0.05) is 22.7 Å². The van der Waals surface area contributed by atoms with Crippen molar-refractivity contribution in [3.05, 3.63) is 57.6 Å². The van der Waals surface area contributed by atoms with Crippen molar-refractivity contribution in [3.63, 3.8) is 0 Å². The van der Waals surface area contributed by atoms with Crippen molar-refractivity contribution in [2.24, 2.45) is 7.05 Å². The van der Waals surface area contributed by atoms with Gasteiger partial charge in [-0.2, -0.15) is 5.10 Å². The van der Waals surface area contributed by atoms with Crippen molar-refractivity contribution in [1.82, 2.24) is 24.5 Å². The van der Waals surface area contributed by atoms with Gasteiger partial charge in [-0.05, 0) is 25.1 Å². The first-order chi connectivity index (χ1) is 11.4. The summed E-state index contributed by atoms with van der Waals surface area (Å²) < 4.78 is 3.06. The van der Waals surface area contributed by atoms with Crippen LogP contribution in [-0.2, 0) is 13.6 Å². The molecule has 1 N–H and O–H groups in total. The van der Waals surface area contributed by atoms with E-state index in [-0.39, 0.29) is 11.9 Å². The van der Waals surface area contributed by atoms with Gasteiger partial charge in [0.2, 0.25) is 5.95 Å². The van der Waals surface area contributed by atoms with E-state index < -0.39 is 0 Å². The van der Waals surface area contributed by atoms with E-state index in [9.17, 15) is 4.79 Å². The number of nitrogens with zero attached hydrogens (tertiary/aromatic N) is 5. The van der Waals surface area contributed by atoms with Crippen molar-refractivity contribution in [2.75, 3.05) is 5.32 Å². The van der Waals surface area contributed by atoms with Gasteiger partial charge >= 0.3 is 0 Å². The van der Waals surface area contributed by atoms with E-state index in [1.165, 1.54) is 11.0 Å². The third kappa shape index (κ3) is 3.42. The van der Waals surface area contributed by atoms with E-state index in [1.807, 2.05) is 6.92 Å². The summed E-state index contributed by atoms with van der Waals surface area (Å²) >= 11 is 12.3. The standard InChI is InChI=1S/C15H14Cl2N6O/c1-9-6-13(22(2)20-9)14(24)19-15-18-8-23(21-15)7-10-11(16)4-3-5-12(10)17/h3-6,8H,7H2,1-2H3,(H,19,21,24). The Morgan fingerprint density at radius 2 is 1.96 bits per heavy atom. The molecule has 0 aliphatic heterocycles. The molecule has 1 aromatic carbocycles. The Hall–Kier alpha value is -2.38. The van der Waals surface area contributed by atoms with Gasteiger partial charge in [0.05, 0.1) is 12.2 Å². The number of amides is 1. The largest absolute Gasteiger partial charge is 0.288 e. The van der Waals surface area contributed by atoms with Crippen LogP contribution < -0.4 is 5.32 Å². The Labute approximate surface area is 148 Å². The Morgan fingerprint density at radius 3 is 2.58 bits per heavy atom. The lowest BCUT2D eigenvalue weighted by Gasteiger charge is -2.06. The first kappa shape index (κ1) is 16.5. The molecule has 0 saturated heterocycles. The molecular weight excluding hydrogens is 351 g/mol. The van der Waals surface area contributed by atoms with E-state index in [0.717, 1.165) is 11.3 Å². The quantitative estimate of drug-likeness (QED) is 0.771. The Kier molecular flexibility index (Phi) is 4.55. The van der Waals surface area contributed by atoms with Crippen LogP contribution in [0, 0.1) is 6.92 Å². The van der Waals surface area contributed by atoms with Gasteiger partial charge in [-0.25, -0.2) is 9.67 Å². The number of anilines is 1. The molecule has 0 aliphatic rings. The summed E-state index contributed by atoms with van der Waals surface area (Å²) in [4.78, 5) is 16.3. The van der Waals surface area contributed by atoms with Crippen LogP contribution in [0.2, 0.25) is 10.0 Å². The second-order valence-electron chi connectivity index (χ2n) is 5.21. The normalized spacial score (nSPS) is 10.8. The highest BCUT2D eigenvalue weighted by Gasteiger charge is 2.14. The molecule has 1 amide bonds. The SMILES string of the molecule is Cc1cc(C(=O)Nc2ncn(Cc3c(Cl)cccc3Cl)n2)n(C)n1. The molecule has 7 nitrogen and oxygen atoms in total. The molecule has 2 heterocycles. The molecule has 0 aliphatic carbocycles. The molecule has 0 fully saturated rings. The molecule has 0 atom stereocenters. The molecule has 0 unspecified atom stereocenters. The van der Waals surface area contributed by atoms with Crippen molar-refractivity contribution in [2.45, 2.75) is 13.5 Å². The van der Waals surface area contributed by atoms with Crippen LogP contribution in [0.25, 0.3) is 0 Å². The van der Waals surface area contributed by atoms with Crippen LogP contribution in [0.5, 0.6) is 0 Å². The van der Waals surface area contributed by atoms with E-state index in [2.05, 4.69) is 20.5 Å². The minimum Gasteiger partial charge on any atom is -0.288 e. The fourth-order valence-corrected chi connectivity index (χ4v) is 2.78. The number of rotatable bonds is 4. The van der Waals surface area contributed by atoms with Gasteiger partial charge in [0.15, 0.2) is 0 Å². The Morgan fingerprint density at radius 1 is 1.25 bits per heavy atom. The number of aromatic nitrogens is 5. The highest BCUT2D eigenvalue weighted by atomic mass is 35.5. The van der Waals surface area contributed by atoms with Gasteiger partial charge in [-0.1, -0.05) is 29.3 Å². The van der Waals surface area contributed by atoms with E-state index in [4.69, 9.17) is 23.2 Å². The van der Waals surface area contributed by atoms with Crippen molar-refractivity contribution < 1.29 is 4.79 Å². The fraction of sp³-hybridized carbons (Fsp3) is 0.200. The summed E-state index contributed by atoms with van der Waals surface area (Å²) in [5.41, 5.74) is 1.93. The molecule has 9 heteroatoms.